The van der Waals surface area contributed by atoms with Crippen molar-refractivity contribution in [2.75, 3.05) is 0 Å². The number of carbonyl (C=O) groups excluding carboxylic acids is 1. The number of halogens is 3. The van der Waals surface area contributed by atoms with Crippen molar-refractivity contribution < 1.29 is 27.9 Å². The fourth-order valence-corrected chi connectivity index (χ4v) is 3.60. The van der Waals surface area contributed by atoms with Gasteiger partial charge in [0.1, 0.15) is 4.32 Å². The highest BCUT2D eigenvalue weighted by molar-refractivity contribution is 8.26. The Morgan fingerprint density at radius 2 is 1.89 bits per heavy atom. The fourth-order valence-electron chi connectivity index (χ4n) is 2.49. The molecule has 2 N–H and O–H groups in total. The van der Waals surface area contributed by atoms with Gasteiger partial charge < -0.3 is 10.4 Å². The van der Waals surface area contributed by atoms with Gasteiger partial charge in [-0.2, -0.15) is 13.2 Å². The lowest BCUT2D eigenvalue weighted by Gasteiger charge is -2.11. The van der Waals surface area contributed by atoms with Crippen LogP contribution in [0.4, 0.5) is 13.2 Å². The van der Waals surface area contributed by atoms with Crippen LogP contribution in [0.5, 0.6) is 0 Å². The number of alkyl halides is 3. The van der Waals surface area contributed by atoms with Crippen LogP contribution in [0.25, 0.3) is 5.57 Å². The first-order valence-corrected chi connectivity index (χ1v) is 9.20. The first-order valence-electron chi connectivity index (χ1n) is 7.98. The molecule has 1 aromatic carbocycles. The second-order valence-corrected chi connectivity index (χ2v) is 7.38. The molecule has 0 saturated carbocycles. The van der Waals surface area contributed by atoms with Crippen LogP contribution in [0.2, 0.25) is 0 Å². The van der Waals surface area contributed by atoms with Gasteiger partial charge in [-0.3, -0.25) is 9.59 Å². The van der Waals surface area contributed by atoms with Gasteiger partial charge in [0.25, 0.3) is 5.91 Å². The zero-order valence-electron chi connectivity index (χ0n) is 14.2. The van der Waals surface area contributed by atoms with Crippen LogP contribution in [0.15, 0.2) is 40.8 Å². The Labute approximate surface area is 163 Å². The molecule has 1 amide bonds. The van der Waals surface area contributed by atoms with Crippen LogP contribution in [0.3, 0.4) is 0 Å². The number of nitrogens with one attached hydrogen (secondary N) is 1. The molecule has 1 aliphatic heterocycles. The van der Waals surface area contributed by atoms with Gasteiger partial charge in [0.2, 0.25) is 0 Å². The van der Waals surface area contributed by atoms with Crippen molar-refractivity contribution in [1.29, 1.82) is 0 Å². The molecule has 2 rings (SSSR count). The molecule has 1 aliphatic rings. The van der Waals surface area contributed by atoms with E-state index in [1.54, 1.807) is 6.08 Å². The third kappa shape index (κ3) is 5.67. The van der Waals surface area contributed by atoms with Gasteiger partial charge in [0, 0.05) is 6.42 Å². The number of hydrogen-bond acceptors (Lipinski definition) is 4. The van der Waals surface area contributed by atoms with Crippen LogP contribution >= 0.6 is 24.0 Å². The maximum absolute atomic E-state index is 12.7. The standard InChI is InChI=1S/C18H16F3NO3S2/c1-2-10(11-3-6-13(7-4-11)18(19,20)21)9-12(5-8-14(23)24)15-16(25)22-17(26)27-15/h3-4,6-7,9H,2,5,8H2,1H3,(H,23,24)(H,22,25,26). The summed E-state index contributed by atoms with van der Waals surface area (Å²) in [5, 5.41) is 11.4. The number of carboxylic acids is 1. The molecule has 0 aliphatic carbocycles. The predicted molar refractivity (Wildman–Crippen MR) is 102 cm³/mol. The van der Waals surface area contributed by atoms with Crippen LogP contribution in [-0.4, -0.2) is 21.3 Å². The summed E-state index contributed by atoms with van der Waals surface area (Å²) in [4.78, 5) is 23.3. The SMILES string of the molecule is CCC(=CC(CCC(=O)O)=C1SC(=S)NC1=O)c1ccc(C(F)(F)F)cc1. The zero-order chi connectivity index (χ0) is 20.2. The lowest BCUT2D eigenvalue weighted by Crippen LogP contribution is -2.18. The first kappa shape index (κ1) is 21.2. The van der Waals surface area contributed by atoms with Crippen molar-refractivity contribution in [3.63, 3.8) is 0 Å². The smallest absolute Gasteiger partial charge is 0.416 e. The minimum atomic E-state index is -4.42. The molecule has 9 heteroatoms. The topological polar surface area (TPSA) is 66.4 Å². The Morgan fingerprint density at radius 3 is 2.33 bits per heavy atom. The number of aliphatic carboxylic acids is 1. The van der Waals surface area contributed by atoms with Crippen molar-refractivity contribution in [3.8, 4) is 0 Å². The zero-order valence-corrected chi connectivity index (χ0v) is 15.9. The van der Waals surface area contributed by atoms with Crippen LogP contribution < -0.4 is 5.32 Å². The quantitative estimate of drug-likeness (QED) is 0.518. The van der Waals surface area contributed by atoms with Crippen molar-refractivity contribution in [2.24, 2.45) is 0 Å². The molecule has 1 saturated heterocycles. The van der Waals surface area contributed by atoms with Crippen molar-refractivity contribution >= 4 is 45.7 Å². The van der Waals surface area contributed by atoms with Crippen LogP contribution in [0, 0.1) is 0 Å². The number of allylic oxidation sites excluding steroid dienone is 3. The Bertz CT molecular complexity index is 827. The summed E-state index contributed by atoms with van der Waals surface area (Å²) in [7, 11) is 0. The number of benzene rings is 1. The van der Waals surface area contributed by atoms with Gasteiger partial charge in [-0.05, 0) is 41.7 Å². The number of thiocarbonyl (C=S) groups is 1. The Balaban J connectivity index is 2.43. The summed E-state index contributed by atoms with van der Waals surface area (Å²) in [5.74, 6) is -1.41. The Morgan fingerprint density at radius 1 is 1.26 bits per heavy atom. The van der Waals surface area contributed by atoms with Gasteiger partial charge in [-0.25, -0.2) is 0 Å². The van der Waals surface area contributed by atoms with E-state index in [1.807, 2.05) is 6.92 Å². The molecule has 4 nitrogen and oxygen atoms in total. The second-order valence-electron chi connectivity index (χ2n) is 5.69. The van der Waals surface area contributed by atoms with Crippen molar-refractivity contribution in [1.82, 2.24) is 5.32 Å². The summed E-state index contributed by atoms with van der Waals surface area (Å²) in [5.41, 5.74) is 1.02. The summed E-state index contributed by atoms with van der Waals surface area (Å²) in [6, 6.07) is 4.72. The average Bonchev–Trinajstić information content (AvgIpc) is 2.92. The molecule has 0 unspecified atom stereocenters. The minimum absolute atomic E-state index is 0.109. The Kier molecular flexibility index (Phi) is 6.83. The number of carbonyl (C=O) groups is 2. The van der Waals surface area contributed by atoms with E-state index in [1.165, 1.54) is 12.1 Å². The van der Waals surface area contributed by atoms with Gasteiger partial charge >= 0.3 is 12.1 Å². The molecule has 0 radical (unpaired) electrons. The van der Waals surface area contributed by atoms with E-state index in [0.29, 0.717) is 28.0 Å². The number of hydrogen-bond donors (Lipinski definition) is 2. The van der Waals surface area contributed by atoms with Gasteiger partial charge in [0.15, 0.2) is 0 Å². The molecule has 0 atom stereocenters. The molecule has 1 fully saturated rings. The molecule has 27 heavy (non-hydrogen) atoms. The van der Waals surface area contributed by atoms with E-state index < -0.39 is 23.6 Å². The summed E-state index contributed by atoms with van der Waals surface area (Å²) < 4.78 is 38.5. The fraction of sp³-hybridized carbons (Fsp3) is 0.278. The number of thioether (sulfide) groups is 1. The Hall–Kier alpha value is -2.13. The molecule has 1 heterocycles. The van der Waals surface area contributed by atoms with Crippen molar-refractivity contribution in [3.05, 3.63) is 51.9 Å². The van der Waals surface area contributed by atoms with Gasteiger partial charge in [-0.1, -0.05) is 49.1 Å². The molecule has 0 spiro atoms. The largest absolute Gasteiger partial charge is 0.481 e. The summed E-state index contributed by atoms with van der Waals surface area (Å²) in [6.07, 6.45) is -2.33. The van der Waals surface area contributed by atoms with E-state index in [9.17, 15) is 22.8 Å². The number of rotatable bonds is 6. The number of carboxylic acid groups (broad SMARTS) is 1. The average molecular weight is 415 g/mol. The van der Waals surface area contributed by atoms with E-state index in [4.69, 9.17) is 17.3 Å². The first-order chi connectivity index (χ1) is 12.6. The highest BCUT2D eigenvalue weighted by Gasteiger charge is 2.30. The van der Waals surface area contributed by atoms with Crippen LogP contribution in [0.1, 0.15) is 37.3 Å². The number of amides is 1. The van der Waals surface area contributed by atoms with E-state index >= 15 is 0 Å². The van der Waals surface area contributed by atoms with Crippen LogP contribution in [-0.2, 0) is 15.8 Å². The molecular weight excluding hydrogens is 399 g/mol. The van der Waals surface area contributed by atoms with Crippen molar-refractivity contribution in [2.45, 2.75) is 32.4 Å². The monoisotopic (exact) mass is 415 g/mol. The van der Waals surface area contributed by atoms with E-state index in [2.05, 4.69) is 5.32 Å². The third-order valence-corrected chi connectivity index (χ3v) is 5.12. The summed E-state index contributed by atoms with van der Waals surface area (Å²) >= 11 is 6.02. The normalized spacial score (nSPS) is 17.1. The molecule has 0 bridgehead atoms. The third-order valence-electron chi connectivity index (χ3n) is 3.83. The lowest BCUT2D eigenvalue weighted by molar-refractivity contribution is -0.138. The summed E-state index contributed by atoms with van der Waals surface area (Å²) in [6.45, 7) is 1.83. The van der Waals surface area contributed by atoms with Gasteiger partial charge in [0.05, 0.1) is 10.5 Å². The molecule has 144 valence electrons. The predicted octanol–water partition coefficient (Wildman–Crippen LogP) is 4.77. The highest BCUT2D eigenvalue weighted by atomic mass is 32.2. The van der Waals surface area contributed by atoms with E-state index in [0.717, 1.165) is 23.9 Å². The lowest BCUT2D eigenvalue weighted by atomic mass is 9.97. The second kappa shape index (κ2) is 8.71. The maximum Gasteiger partial charge on any atom is 0.416 e. The highest BCUT2D eigenvalue weighted by Crippen LogP contribution is 2.33. The molecule has 1 aromatic rings. The molecule has 0 aromatic heterocycles. The van der Waals surface area contributed by atoms with Gasteiger partial charge in [-0.15, -0.1) is 0 Å². The molecular formula is C18H16F3NO3S2. The minimum Gasteiger partial charge on any atom is -0.481 e. The maximum atomic E-state index is 12.7. The van der Waals surface area contributed by atoms with E-state index in [-0.39, 0.29) is 17.2 Å².